The van der Waals surface area contributed by atoms with Crippen LogP contribution in [-0.2, 0) is 16.4 Å². The number of rotatable bonds is 7. The number of anilines is 1. The largest absolute Gasteiger partial charge is 0.370 e. The van der Waals surface area contributed by atoms with Crippen molar-refractivity contribution in [1.29, 1.82) is 0 Å². The average molecular weight is 493 g/mol. The molecule has 1 aromatic heterocycles. The Labute approximate surface area is 205 Å². The lowest BCUT2D eigenvalue weighted by Gasteiger charge is -2.23. The number of benzene rings is 3. The first-order chi connectivity index (χ1) is 16.7. The van der Waals surface area contributed by atoms with Gasteiger partial charge in [-0.2, -0.15) is 0 Å². The van der Waals surface area contributed by atoms with Gasteiger partial charge in [-0.15, -0.1) is 0 Å². The third kappa shape index (κ3) is 4.60. The maximum absolute atomic E-state index is 15.2. The van der Waals surface area contributed by atoms with E-state index >= 15 is 4.39 Å². The summed E-state index contributed by atoms with van der Waals surface area (Å²) in [5.41, 5.74) is 2.58. The predicted octanol–water partition coefficient (Wildman–Crippen LogP) is 5.48. The quantitative estimate of drug-likeness (QED) is 0.343. The van der Waals surface area contributed by atoms with Gasteiger partial charge in [0, 0.05) is 25.8 Å². The van der Waals surface area contributed by atoms with Gasteiger partial charge in [0.1, 0.15) is 10.7 Å². The van der Waals surface area contributed by atoms with Crippen molar-refractivity contribution < 1.29 is 12.8 Å². The minimum atomic E-state index is -4.14. The Hall–Kier alpha value is -3.45. The van der Waals surface area contributed by atoms with E-state index in [0.717, 1.165) is 11.1 Å². The zero-order valence-electron chi connectivity index (χ0n) is 20.4. The number of hydrogen-bond donors (Lipinski definition) is 0. The van der Waals surface area contributed by atoms with E-state index in [1.807, 2.05) is 56.0 Å². The standard InChI is InChI=1S/C28H29FN2O3S/c1-5-30(6-2)25-16-24-22(15-23(25)29)28(32)27(18-31(24)17-21-10-8-7-9-11-21)35(33,34)26-13-12-19(3)14-20(26)4/h7-16,18H,5-6,17H2,1-4H3. The molecule has 0 aliphatic carbocycles. The number of fused-ring (bicyclic) bond motifs is 1. The predicted molar refractivity (Wildman–Crippen MR) is 139 cm³/mol. The fourth-order valence-corrected chi connectivity index (χ4v) is 6.09. The van der Waals surface area contributed by atoms with Crippen LogP contribution in [-0.4, -0.2) is 26.1 Å². The van der Waals surface area contributed by atoms with Crippen LogP contribution in [0.3, 0.4) is 0 Å². The van der Waals surface area contributed by atoms with E-state index in [4.69, 9.17) is 0 Å². The Kier molecular flexibility index (Phi) is 6.81. The van der Waals surface area contributed by atoms with E-state index in [0.29, 0.717) is 36.4 Å². The van der Waals surface area contributed by atoms with Crippen molar-refractivity contribution in [3.63, 3.8) is 0 Å². The Balaban J connectivity index is 2.03. The lowest BCUT2D eigenvalue weighted by atomic mass is 10.1. The summed E-state index contributed by atoms with van der Waals surface area (Å²) in [4.78, 5) is 15.1. The van der Waals surface area contributed by atoms with Crippen LogP contribution in [0.4, 0.5) is 10.1 Å². The van der Waals surface area contributed by atoms with Crippen molar-refractivity contribution in [3.8, 4) is 0 Å². The highest BCUT2D eigenvalue weighted by atomic mass is 32.2. The molecule has 3 aromatic carbocycles. The molecule has 0 spiro atoms. The number of aryl methyl sites for hydroxylation is 2. The number of halogens is 1. The number of pyridine rings is 1. The maximum atomic E-state index is 15.2. The van der Waals surface area contributed by atoms with Crippen LogP contribution < -0.4 is 10.3 Å². The summed E-state index contributed by atoms with van der Waals surface area (Å²) >= 11 is 0. The monoisotopic (exact) mass is 492 g/mol. The van der Waals surface area contributed by atoms with Gasteiger partial charge in [-0.3, -0.25) is 4.79 Å². The molecule has 0 unspecified atom stereocenters. The van der Waals surface area contributed by atoms with Gasteiger partial charge in [0.05, 0.1) is 21.5 Å². The Morgan fingerprint density at radius 2 is 1.60 bits per heavy atom. The molecular formula is C28H29FN2O3S. The molecular weight excluding hydrogens is 463 g/mol. The lowest BCUT2D eigenvalue weighted by Crippen LogP contribution is -2.24. The number of sulfone groups is 1. The summed E-state index contributed by atoms with van der Waals surface area (Å²) in [6.45, 7) is 8.98. The first kappa shape index (κ1) is 24.7. The zero-order valence-corrected chi connectivity index (χ0v) is 21.2. The Morgan fingerprint density at radius 3 is 2.23 bits per heavy atom. The molecule has 35 heavy (non-hydrogen) atoms. The summed E-state index contributed by atoms with van der Waals surface area (Å²) in [6, 6.07) is 17.4. The van der Waals surface area contributed by atoms with Crippen LogP contribution in [0.25, 0.3) is 10.9 Å². The average Bonchev–Trinajstić information content (AvgIpc) is 2.82. The molecule has 0 amide bonds. The van der Waals surface area contributed by atoms with E-state index in [1.165, 1.54) is 18.3 Å². The van der Waals surface area contributed by atoms with E-state index < -0.39 is 21.1 Å². The van der Waals surface area contributed by atoms with Crippen LogP contribution >= 0.6 is 0 Å². The molecule has 4 rings (SSSR count). The fraction of sp³-hybridized carbons (Fsp3) is 0.250. The van der Waals surface area contributed by atoms with Gasteiger partial charge in [0.2, 0.25) is 15.3 Å². The van der Waals surface area contributed by atoms with Crippen molar-refractivity contribution in [2.24, 2.45) is 0 Å². The summed E-state index contributed by atoms with van der Waals surface area (Å²) in [5.74, 6) is -0.550. The van der Waals surface area contributed by atoms with Gasteiger partial charge in [0.15, 0.2) is 0 Å². The van der Waals surface area contributed by atoms with E-state index in [1.54, 1.807) is 29.7 Å². The molecule has 1 heterocycles. The Morgan fingerprint density at radius 1 is 0.914 bits per heavy atom. The number of aromatic nitrogens is 1. The molecule has 5 nitrogen and oxygen atoms in total. The Bertz CT molecular complexity index is 1560. The van der Waals surface area contributed by atoms with Gasteiger partial charge < -0.3 is 9.47 Å². The second kappa shape index (κ2) is 9.66. The van der Waals surface area contributed by atoms with Crippen LogP contribution in [0.15, 0.2) is 81.4 Å². The molecule has 0 saturated heterocycles. The molecule has 0 fully saturated rings. The first-order valence-electron chi connectivity index (χ1n) is 11.6. The normalized spacial score (nSPS) is 11.7. The molecule has 182 valence electrons. The van der Waals surface area contributed by atoms with Crippen molar-refractivity contribution >= 4 is 26.4 Å². The molecule has 0 aliphatic heterocycles. The van der Waals surface area contributed by atoms with Gasteiger partial charge in [-0.05, 0) is 57.0 Å². The van der Waals surface area contributed by atoms with Crippen LogP contribution in [0.1, 0.15) is 30.5 Å². The number of nitrogens with zero attached hydrogens (tertiary/aromatic N) is 2. The van der Waals surface area contributed by atoms with Gasteiger partial charge in [0.25, 0.3) is 0 Å². The SMILES string of the molecule is CCN(CC)c1cc2c(cc1F)c(=O)c(S(=O)(=O)c1ccc(C)cc1C)cn2Cc1ccccc1. The van der Waals surface area contributed by atoms with Gasteiger partial charge in [-0.1, -0.05) is 48.0 Å². The third-order valence-electron chi connectivity index (χ3n) is 6.33. The summed E-state index contributed by atoms with van der Waals surface area (Å²) in [5, 5.41) is 0.0418. The second-order valence-corrected chi connectivity index (χ2v) is 10.6. The molecule has 0 saturated carbocycles. The van der Waals surface area contributed by atoms with E-state index in [9.17, 15) is 13.2 Å². The highest BCUT2D eigenvalue weighted by molar-refractivity contribution is 7.91. The molecule has 7 heteroatoms. The fourth-order valence-electron chi connectivity index (χ4n) is 4.50. The van der Waals surface area contributed by atoms with Crippen molar-refractivity contribution in [2.75, 3.05) is 18.0 Å². The van der Waals surface area contributed by atoms with Crippen molar-refractivity contribution in [3.05, 3.63) is 99.6 Å². The van der Waals surface area contributed by atoms with Crippen LogP contribution in [0.5, 0.6) is 0 Å². The van der Waals surface area contributed by atoms with Gasteiger partial charge >= 0.3 is 0 Å². The van der Waals surface area contributed by atoms with Crippen molar-refractivity contribution in [1.82, 2.24) is 4.57 Å². The molecule has 0 aliphatic rings. The van der Waals surface area contributed by atoms with E-state index in [2.05, 4.69) is 0 Å². The van der Waals surface area contributed by atoms with Gasteiger partial charge in [-0.25, -0.2) is 12.8 Å². The molecule has 0 atom stereocenters. The summed E-state index contributed by atoms with van der Waals surface area (Å²) < 4.78 is 44.3. The smallest absolute Gasteiger partial charge is 0.212 e. The third-order valence-corrected chi connectivity index (χ3v) is 8.23. The van der Waals surface area contributed by atoms with Crippen LogP contribution in [0.2, 0.25) is 0 Å². The summed E-state index contributed by atoms with van der Waals surface area (Å²) in [6.07, 6.45) is 1.40. The molecule has 0 bridgehead atoms. The maximum Gasteiger partial charge on any atom is 0.212 e. The lowest BCUT2D eigenvalue weighted by molar-refractivity contribution is 0.593. The van der Waals surface area contributed by atoms with E-state index in [-0.39, 0.29) is 15.2 Å². The highest BCUT2D eigenvalue weighted by Gasteiger charge is 2.26. The molecule has 0 radical (unpaired) electrons. The van der Waals surface area contributed by atoms with Crippen LogP contribution in [0, 0.1) is 19.7 Å². The topological polar surface area (TPSA) is 59.4 Å². The molecule has 0 N–H and O–H groups in total. The minimum Gasteiger partial charge on any atom is -0.370 e. The number of hydrogen-bond acceptors (Lipinski definition) is 4. The highest BCUT2D eigenvalue weighted by Crippen LogP contribution is 2.29. The minimum absolute atomic E-state index is 0.0418. The molecule has 4 aromatic rings. The second-order valence-electron chi connectivity index (χ2n) is 8.70. The zero-order chi connectivity index (χ0) is 25.3. The van der Waals surface area contributed by atoms with Crippen molar-refractivity contribution in [2.45, 2.75) is 44.0 Å². The first-order valence-corrected chi connectivity index (χ1v) is 13.1. The summed E-state index contributed by atoms with van der Waals surface area (Å²) in [7, 11) is -4.14.